The van der Waals surface area contributed by atoms with Crippen molar-refractivity contribution < 1.29 is 13.2 Å². The molecule has 1 nitrogen and oxygen atoms in total. The first kappa shape index (κ1) is 19.4. The van der Waals surface area contributed by atoms with Crippen LogP contribution >= 0.6 is 35.0 Å². The molecule has 0 amide bonds. The first-order chi connectivity index (χ1) is 11.3. The first-order valence-corrected chi connectivity index (χ1v) is 9.00. The van der Waals surface area contributed by atoms with Crippen molar-refractivity contribution in [3.8, 4) is 0 Å². The van der Waals surface area contributed by atoms with E-state index >= 15 is 0 Å². The van der Waals surface area contributed by atoms with E-state index in [1.165, 1.54) is 12.1 Å². The second kappa shape index (κ2) is 8.48. The minimum atomic E-state index is -4.32. The highest BCUT2D eigenvalue weighted by Crippen LogP contribution is 2.31. The van der Waals surface area contributed by atoms with Crippen LogP contribution in [0.5, 0.6) is 0 Å². The predicted molar refractivity (Wildman–Crippen MR) is 95.0 cm³/mol. The Kier molecular flexibility index (Phi) is 6.87. The van der Waals surface area contributed by atoms with Crippen molar-refractivity contribution in [2.24, 2.45) is 0 Å². The van der Waals surface area contributed by atoms with Crippen molar-refractivity contribution in [3.63, 3.8) is 0 Å². The molecule has 1 unspecified atom stereocenters. The molecule has 2 aromatic carbocycles. The van der Waals surface area contributed by atoms with Gasteiger partial charge < -0.3 is 5.32 Å². The zero-order valence-corrected chi connectivity index (χ0v) is 15.2. The molecule has 7 heteroatoms. The van der Waals surface area contributed by atoms with Crippen molar-refractivity contribution in [1.29, 1.82) is 0 Å². The van der Waals surface area contributed by atoms with Gasteiger partial charge >= 0.3 is 6.18 Å². The van der Waals surface area contributed by atoms with Crippen LogP contribution in [0.25, 0.3) is 0 Å². The Labute approximate surface area is 153 Å². The lowest BCUT2D eigenvalue weighted by molar-refractivity contribution is -0.137. The number of hydrogen-bond donors (Lipinski definition) is 1. The van der Waals surface area contributed by atoms with Gasteiger partial charge in [0, 0.05) is 28.3 Å². The predicted octanol–water partition coefficient (Wildman–Crippen LogP) is 6.46. The van der Waals surface area contributed by atoms with Gasteiger partial charge in [0.25, 0.3) is 0 Å². The van der Waals surface area contributed by atoms with Crippen LogP contribution in [0.1, 0.15) is 24.1 Å². The lowest BCUT2D eigenvalue weighted by Crippen LogP contribution is -2.21. The van der Waals surface area contributed by atoms with Gasteiger partial charge in [0.2, 0.25) is 0 Å². The van der Waals surface area contributed by atoms with E-state index in [9.17, 15) is 13.2 Å². The van der Waals surface area contributed by atoms with Crippen molar-refractivity contribution in [2.75, 3.05) is 12.3 Å². The summed E-state index contributed by atoms with van der Waals surface area (Å²) in [5.41, 5.74) is -0.0238. The van der Waals surface area contributed by atoms with Gasteiger partial charge in [-0.1, -0.05) is 35.3 Å². The maximum atomic E-state index is 12.7. The van der Waals surface area contributed by atoms with Gasteiger partial charge in [-0.3, -0.25) is 0 Å². The molecule has 0 saturated heterocycles. The van der Waals surface area contributed by atoms with E-state index in [1.807, 2.05) is 6.92 Å². The molecule has 1 atom stereocenters. The quantitative estimate of drug-likeness (QED) is 0.446. The van der Waals surface area contributed by atoms with Crippen LogP contribution in [0.3, 0.4) is 0 Å². The van der Waals surface area contributed by atoms with Crippen LogP contribution in [0.15, 0.2) is 47.4 Å². The lowest BCUT2D eigenvalue weighted by atomic mass is 10.1. The van der Waals surface area contributed by atoms with E-state index in [0.29, 0.717) is 22.2 Å². The normalized spacial score (nSPS) is 13.1. The molecule has 1 N–H and O–H groups in total. The van der Waals surface area contributed by atoms with Crippen LogP contribution in [-0.2, 0) is 6.18 Å². The van der Waals surface area contributed by atoms with Gasteiger partial charge in [-0.15, -0.1) is 11.8 Å². The largest absolute Gasteiger partial charge is 0.416 e. The van der Waals surface area contributed by atoms with Gasteiger partial charge in [0.1, 0.15) is 0 Å². The third-order valence-corrected chi connectivity index (χ3v) is 5.15. The van der Waals surface area contributed by atoms with Gasteiger partial charge in [-0.25, -0.2) is 0 Å². The van der Waals surface area contributed by atoms with Crippen LogP contribution < -0.4 is 5.32 Å². The summed E-state index contributed by atoms with van der Waals surface area (Å²) in [7, 11) is 0. The molecule has 0 heterocycles. The Morgan fingerprint density at radius 1 is 1.12 bits per heavy atom. The Morgan fingerprint density at radius 3 is 2.58 bits per heavy atom. The second-order valence-corrected chi connectivity index (χ2v) is 7.20. The van der Waals surface area contributed by atoms with Crippen LogP contribution in [0.2, 0.25) is 10.0 Å². The smallest absolute Gasteiger partial charge is 0.309 e. The molecule has 2 aromatic rings. The molecule has 0 saturated carbocycles. The van der Waals surface area contributed by atoms with E-state index in [4.69, 9.17) is 23.2 Å². The highest BCUT2D eigenvalue weighted by Gasteiger charge is 2.30. The molecule has 0 aliphatic rings. The molecule has 0 spiro atoms. The molecule has 0 fully saturated rings. The summed E-state index contributed by atoms with van der Waals surface area (Å²) in [4.78, 5) is 0.887. The maximum absolute atomic E-state index is 12.7. The third kappa shape index (κ3) is 5.59. The van der Waals surface area contributed by atoms with Gasteiger partial charge in [-0.05, 0) is 42.8 Å². The number of rotatable bonds is 6. The van der Waals surface area contributed by atoms with E-state index in [1.54, 1.807) is 36.0 Å². The fraction of sp³-hybridized carbons (Fsp3) is 0.294. The lowest BCUT2D eigenvalue weighted by Gasteiger charge is -2.16. The highest BCUT2D eigenvalue weighted by molar-refractivity contribution is 7.99. The maximum Gasteiger partial charge on any atom is 0.416 e. The number of benzene rings is 2. The topological polar surface area (TPSA) is 12.0 Å². The average Bonchev–Trinajstić information content (AvgIpc) is 2.53. The Balaban J connectivity index is 1.87. The van der Waals surface area contributed by atoms with Gasteiger partial charge in [0.15, 0.2) is 0 Å². The highest BCUT2D eigenvalue weighted by atomic mass is 35.5. The van der Waals surface area contributed by atoms with Gasteiger partial charge in [-0.2, -0.15) is 13.2 Å². The Morgan fingerprint density at radius 2 is 1.88 bits per heavy atom. The number of hydrogen-bond acceptors (Lipinski definition) is 2. The number of thioether (sulfide) groups is 1. The molecule has 130 valence electrons. The van der Waals surface area contributed by atoms with Crippen LogP contribution in [-0.4, -0.2) is 12.3 Å². The molecule has 24 heavy (non-hydrogen) atoms. The zero-order valence-electron chi connectivity index (χ0n) is 12.8. The number of nitrogens with one attached hydrogen (secondary N) is 1. The molecule has 0 aliphatic heterocycles. The number of halogens is 5. The SMILES string of the molecule is CC(NCCSc1cc(Cl)ccc1Cl)c1cccc(C(F)(F)F)c1. The summed E-state index contributed by atoms with van der Waals surface area (Å²) in [6.45, 7) is 2.47. The minimum absolute atomic E-state index is 0.178. The molecule has 0 bridgehead atoms. The van der Waals surface area contributed by atoms with E-state index < -0.39 is 11.7 Å². The molecule has 2 rings (SSSR count). The summed E-state index contributed by atoms with van der Waals surface area (Å²) in [5, 5.41) is 4.47. The Bertz CT molecular complexity index is 692. The van der Waals surface area contributed by atoms with Crippen molar-refractivity contribution in [1.82, 2.24) is 5.32 Å². The van der Waals surface area contributed by atoms with E-state index in [2.05, 4.69) is 5.32 Å². The summed E-state index contributed by atoms with van der Waals surface area (Å²) >= 11 is 13.6. The van der Waals surface area contributed by atoms with E-state index in [-0.39, 0.29) is 6.04 Å². The first-order valence-electron chi connectivity index (χ1n) is 7.26. The summed E-state index contributed by atoms with van der Waals surface area (Å²) in [6.07, 6.45) is -4.32. The molecular weight excluding hydrogens is 378 g/mol. The van der Waals surface area contributed by atoms with Crippen molar-refractivity contribution in [2.45, 2.75) is 24.0 Å². The summed E-state index contributed by atoms with van der Waals surface area (Å²) < 4.78 is 38.2. The standard InChI is InChI=1S/C17H16Cl2F3NS/c1-11(12-3-2-4-13(9-12)17(20,21)22)23-7-8-24-16-10-14(18)5-6-15(16)19/h2-6,9-11,23H,7-8H2,1H3. The second-order valence-electron chi connectivity index (χ2n) is 5.22. The molecule has 0 radical (unpaired) electrons. The van der Waals surface area contributed by atoms with Crippen LogP contribution in [0.4, 0.5) is 13.2 Å². The minimum Gasteiger partial charge on any atom is -0.309 e. The van der Waals surface area contributed by atoms with Gasteiger partial charge in [0.05, 0.1) is 10.6 Å². The molecule has 0 aromatic heterocycles. The fourth-order valence-corrected chi connectivity index (χ4v) is 3.50. The number of alkyl halides is 3. The fourth-order valence-electron chi connectivity index (χ4n) is 2.13. The molecular formula is C17H16Cl2F3NS. The molecule has 0 aliphatic carbocycles. The summed E-state index contributed by atoms with van der Waals surface area (Å²) in [5.74, 6) is 0.726. The van der Waals surface area contributed by atoms with E-state index in [0.717, 1.165) is 16.7 Å². The Hall–Kier alpha value is -0.880. The van der Waals surface area contributed by atoms with Crippen LogP contribution in [0, 0.1) is 0 Å². The summed E-state index contributed by atoms with van der Waals surface area (Å²) in [6, 6.07) is 10.5. The monoisotopic (exact) mass is 393 g/mol. The van der Waals surface area contributed by atoms with Crippen molar-refractivity contribution >= 4 is 35.0 Å². The average molecular weight is 394 g/mol. The third-order valence-electron chi connectivity index (χ3n) is 3.42. The zero-order chi connectivity index (χ0) is 17.7. The van der Waals surface area contributed by atoms with Crippen molar-refractivity contribution in [3.05, 3.63) is 63.6 Å².